The summed E-state index contributed by atoms with van der Waals surface area (Å²) in [7, 11) is 2.17. The molecule has 32 heavy (non-hydrogen) atoms. The molecule has 2 aromatic carbocycles. The van der Waals surface area contributed by atoms with Gasteiger partial charge in [-0.2, -0.15) is 4.98 Å². The molecule has 0 radical (unpaired) electrons. The minimum absolute atomic E-state index is 0.180. The van der Waals surface area contributed by atoms with E-state index >= 15 is 0 Å². The van der Waals surface area contributed by atoms with Crippen molar-refractivity contribution in [3.63, 3.8) is 0 Å². The minimum atomic E-state index is -0.180. The topological polar surface area (TPSA) is 44.3 Å². The second-order valence-corrected chi connectivity index (χ2v) is 9.50. The van der Waals surface area contributed by atoms with E-state index in [4.69, 9.17) is 16.6 Å². The van der Waals surface area contributed by atoms with Crippen LogP contribution in [0.2, 0.25) is 5.02 Å². The summed E-state index contributed by atoms with van der Waals surface area (Å²) in [5.74, 6) is 1.61. The summed E-state index contributed by atoms with van der Waals surface area (Å²) < 4.78 is 14.2. The molecule has 1 saturated carbocycles. The molecule has 164 valence electrons. The van der Waals surface area contributed by atoms with E-state index < -0.39 is 0 Å². The molecule has 7 heteroatoms. The summed E-state index contributed by atoms with van der Waals surface area (Å²) in [6.45, 7) is 2.72. The van der Waals surface area contributed by atoms with E-state index in [9.17, 15) is 4.39 Å². The Hall–Kier alpha value is -2.70. The van der Waals surface area contributed by atoms with Gasteiger partial charge in [-0.15, -0.1) is 0 Å². The Morgan fingerprint density at radius 2 is 1.97 bits per heavy atom. The van der Waals surface area contributed by atoms with Crippen molar-refractivity contribution in [3.8, 4) is 0 Å². The van der Waals surface area contributed by atoms with Crippen molar-refractivity contribution < 1.29 is 4.39 Å². The molecule has 0 saturated heterocycles. The normalized spacial score (nSPS) is 17.9. The van der Waals surface area contributed by atoms with E-state index in [0.717, 1.165) is 30.9 Å². The number of hydrogen-bond acceptors (Lipinski definition) is 5. The van der Waals surface area contributed by atoms with Crippen molar-refractivity contribution in [2.75, 3.05) is 30.4 Å². The lowest BCUT2D eigenvalue weighted by Crippen LogP contribution is -2.27. The van der Waals surface area contributed by atoms with Crippen LogP contribution in [0.5, 0.6) is 0 Å². The summed E-state index contributed by atoms with van der Waals surface area (Å²) in [6.07, 6.45) is 5.92. The van der Waals surface area contributed by atoms with Crippen LogP contribution >= 0.6 is 11.6 Å². The van der Waals surface area contributed by atoms with E-state index in [-0.39, 0.29) is 5.82 Å². The number of fused-ring (bicyclic) bond motifs is 2. The highest BCUT2D eigenvalue weighted by Crippen LogP contribution is 2.45. The Bertz CT molecular complexity index is 1210. The van der Waals surface area contributed by atoms with Gasteiger partial charge in [0, 0.05) is 36.6 Å². The molecule has 1 aromatic heterocycles. The van der Waals surface area contributed by atoms with Crippen molar-refractivity contribution in [2.24, 2.45) is 0 Å². The largest absolute Gasteiger partial charge is 0.324 e. The van der Waals surface area contributed by atoms with Gasteiger partial charge in [0.2, 0.25) is 5.95 Å². The zero-order chi connectivity index (χ0) is 21.8. The van der Waals surface area contributed by atoms with E-state index in [1.165, 1.54) is 35.6 Å². The van der Waals surface area contributed by atoms with Gasteiger partial charge >= 0.3 is 0 Å². The smallest absolute Gasteiger partial charge is 0.229 e. The lowest BCUT2D eigenvalue weighted by atomic mass is 9.91. The molecule has 3 aliphatic rings. The fourth-order valence-electron chi connectivity index (χ4n) is 5.05. The van der Waals surface area contributed by atoms with Crippen LogP contribution in [0.3, 0.4) is 0 Å². The summed E-state index contributed by atoms with van der Waals surface area (Å²) in [5.41, 5.74) is 6.96. The molecule has 0 spiro atoms. The molecule has 0 amide bonds. The maximum Gasteiger partial charge on any atom is 0.229 e. The van der Waals surface area contributed by atoms with E-state index in [0.29, 0.717) is 41.2 Å². The van der Waals surface area contributed by atoms with E-state index in [2.05, 4.69) is 34.4 Å². The van der Waals surface area contributed by atoms with Gasteiger partial charge in [0.05, 0.1) is 6.20 Å². The van der Waals surface area contributed by atoms with Gasteiger partial charge in [-0.3, -0.25) is 0 Å². The summed E-state index contributed by atoms with van der Waals surface area (Å²) >= 11 is 6.48. The first-order chi connectivity index (χ1) is 15.6. The number of anilines is 4. The lowest BCUT2D eigenvalue weighted by molar-refractivity contribution is 0.312. The molecule has 1 fully saturated rings. The number of aromatic nitrogens is 2. The maximum absolute atomic E-state index is 14.2. The zero-order valence-corrected chi connectivity index (χ0v) is 18.8. The summed E-state index contributed by atoms with van der Waals surface area (Å²) in [5, 5.41) is 3.88. The number of nitrogens with one attached hydrogen (secondary N) is 1. The van der Waals surface area contributed by atoms with Crippen molar-refractivity contribution in [1.82, 2.24) is 14.9 Å². The van der Waals surface area contributed by atoms with Crippen LogP contribution in [0.25, 0.3) is 0 Å². The van der Waals surface area contributed by atoms with Crippen LogP contribution in [0.15, 0.2) is 36.5 Å². The number of hydrogen-bond donors (Lipinski definition) is 1. The third-order valence-corrected chi connectivity index (χ3v) is 7.05. The summed E-state index contributed by atoms with van der Waals surface area (Å²) in [4.78, 5) is 13.5. The number of benzene rings is 2. The van der Waals surface area contributed by atoms with Crippen LogP contribution in [0.4, 0.5) is 27.5 Å². The number of likely N-dealkylation sites (N-methyl/N-ethyl adjacent to an activating group) is 1. The highest BCUT2D eigenvalue weighted by atomic mass is 35.5. The maximum atomic E-state index is 14.2. The molecular formula is C25H25ClFN5. The van der Waals surface area contributed by atoms with Gasteiger partial charge < -0.3 is 15.1 Å². The van der Waals surface area contributed by atoms with Crippen molar-refractivity contribution in [3.05, 3.63) is 69.6 Å². The molecular weight excluding hydrogens is 425 g/mol. The Morgan fingerprint density at radius 1 is 1.12 bits per heavy atom. The SMILES string of the molecule is CN1CCc2c(cc(Nc3ncc(Cl)c(N4CCc5c(F)cccc54)n3)cc2C2CC2)C1. The second kappa shape index (κ2) is 7.71. The first-order valence-electron chi connectivity index (χ1n) is 11.3. The van der Waals surface area contributed by atoms with Crippen molar-refractivity contribution in [1.29, 1.82) is 0 Å². The van der Waals surface area contributed by atoms with Gasteiger partial charge in [-0.1, -0.05) is 17.7 Å². The van der Waals surface area contributed by atoms with Gasteiger partial charge in [-0.25, -0.2) is 9.37 Å². The lowest BCUT2D eigenvalue weighted by Gasteiger charge is -2.28. The fraction of sp³-hybridized carbons (Fsp3) is 0.360. The Balaban J connectivity index is 1.34. The van der Waals surface area contributed by atoms with Gasteiger partial charge in [0.15, 0.2) is 5.82 Å². The molecule has 1 N–H and O–H groups in total. The monoisotopic (exact) mass is 449 g/mol. The van der Waals surface area contributed by atoms with Gasteiger partial charge in [0.1, 0.15) is 10.8 Å². The number of nitrogens with zero attached hydrogens (tertiary/aromatic N) is 4. The van der Waals surface area contributed by atoms with Crippen LogP contribution in [-0.2, 0) is 19.4 Å². The first kappa shape index (κ1) is 19.9. The van der Waals surface area contributed by atoms with Crippen molar-refractivity contribution in [2.45, 2.75) is 38.1 Å². The predicted octanol–water partition coefficient (Wildman–Crippen LogP) is 5.57. The average Bonchev–Trinajstić information content (AvgIpc) is 3.53. The molecule has 3 heterocycles. The third kappa shape index (κ3) is 3.51. The Morgan fingerprint density at radius 3 is 2.81 bits per heavy atom. The van der Waals surface area contributed by atoms with Crippen LogP contribution in [0, 0.1) is 5.82 Å². The van der Waals surface area contributed by atoms with Crippen LogP contribution in [0.1, 0.15) is 41.0 Å². The summed E-state index contributed by atoms with van der Waals surface area (Å²) in [6, 6.07) is 9.65. The molecule has 2 aliphatic heterocycles. The molecule has 3 aromatic rings. The van der Waals surface area contributed by atoms with Gasteiger partial charge in [0.25, 0.3) is 0 Å². The molecule has 1 aliphatic carbocycles. The average molecular weight is 450 g/mol. The van der Waals surface area contributed by atoms with Crippen molar-refractivity contribution >= 4 is 34.7 Å². The third-order valence-electron chi connectivity index (χ3n) is 6.79. The molecule has 6 rings (SSSR count). The van der Waals surface area contributed by atoms with Crippen LogP contribution in [-0.4, -0.2) is 35.0 Å². The van der Waals surface area contributed by atoms with E-state index in [1.807, 2.05) is 11.0 Å². The predicted molar refractivity (Wildman–Crippen MR) is 126 cm³/mol. The van der Waals surface area contributed by atoms with Crippen LogP contribution < -0.4 is 10.2 Å². The standard InChI is InChI=1S/C25H25ClFN5/c1-31-9-7-18-16(14-31)11-17(12-20(18)15-5-6-15)29-25-28-13-21(26)24(30-25)32-10-8-19-22(27)3-2-4-23(19)32/h2-4,11-13,15H,5-10,14H2,1H3,(H,28,29,30). The highest BCUT2D eigenvalue weighted by Gasteiger charge is 2.30. The number of halogens is 2. The Labute approximate surface area is 192 Å². The van der Waals surface area contributed by atoms with E-state index in [1.54, 1.807) is 12.3 Å². The molecule has 0 unspecified atom stereocenters. The van der Waals surface area contributed by atoms with Gasteiger partial charge in [-0.05, 0) is 79.6 Å². The zero-order valence-electron chi connectivity index (χ0n) is 18.0. The molecule has 0 bridgehead atoms. The highest BCUT2D eigenvalue weighted by molar-refractivity contribution is 6.33. The molecule has 0 atom stereocenters. The minimum Gasteiger partial charge on any atom is -0.324 e. The number of rotatable bonds is 4. The quantitative estimate of drug-likeness (QED) is 0.564. The second-order valence-electron chi connectivity index (χ2n) is 9.09. The molecule has 5 nitrogen and oxygen atoms in total. The fourth-order valence-corrected chi connectivity index (χ4v) is 5.25. The first-order valence-corrected chi connectivity index (χ1v) is 11.6. The Kier molecular flexibility index (Phi) is 4.81.